The smallest absolute Gasteiger partial charge is 0.251 e. The number of amides is 1. The summed E-state index contributed by atoms with van der Waals surface area (Å²) in [6.45, 7) is 5.19. The summed E-state index contributed by atoms with van der Waals surface area (Å²) >= 11 is 0. The first-order chi connectivity index (χ1) is 14.4. The fraction of sp³-hybridized carbons (Fsp3) is 0.273. The maximum absolute atomic E-state index is 12.6. The molecular weight excluding hydrogens is 400 g/mol. The molecule has 1 aliphatic rings. The highest BCUT2D eigenvalue weighted by molar-refractivity contribution is 7.89. The Morgan fingerprint density at radius 1 is 1.20 bits per heavy atom. The average Bonchev–Trinajstić information content (AvgIpc) is 2.78. The lowest BCUT2D eigenvalue weighted by Gasteiger charge is -2.34. The van der Waals surface area contributed by atoms with Crippen LogP contribution in [0.2, 0.25) is 0 Å². The summed E-state index contributed by atoms with van der Waals surface area (Å²) in [5.74, 6) is -0.285. The monoisotopic (exact) mass is 424 g/mol. The maximum atomic E-state index is 12.6. The number of rotatable bonds is 7. The zero-order chi connectivity index (χ0) is 21.6. The minimum atomic E-state index is -3.68. The highest BCUT2D eigenvalue weighted by Gasteiger charge is 2.22. The Bertz CT molecular complexity index is 1050. The van der Waals surface area contributed by atoms with Gasteiger partial charge in [-0.15, -0.1) is 6.58 Å². The number of nitrogens with zero attached hydrogens (tertiary/aromatic N) is 2. The van der Waals surface area contributed by atoms with Gasteiger partial charge in [0.2, 0.25) is 10.0 Å². The van der Waals surface area contributed by atoms with Gasteiger partial charge in [0.1, 0.15) is 0 Å². The first-order valence-corrected chi connectivity index (χ1v) is 11.2. The maximum Gasteiger partial charge on any atom is 0.251 e. The fourth-order valence-corrected chi connectivity index (χ4v) is 4.40. The van der Waals surface area contributed by atoms with Gasteiger partial charge in [-0.25, -0.2) is 13.1 Å². The molecule has 0 bridgehead atoms. The molecule has 2 aromatic carbocycles. The second-order valence-corrected chi connectivity index (χ2v) is 8.83. The number of benzene rings is 2. The minimum Gasteiger partial charge on any atom is -0.371 e. The first-order valence-electron chi connectivity index (χ1n) is 9.69. The van der Waals surface area contributed by atoms with E-state index in [1.54, 1.807) is 24.3 Å². The molecule has 2 aromatic rings. The van der Waals surface area contributed by atoms with Crippen LogP contribution in [0.1, 0.15) is 28.8 Å². The Morgan fingerprint density at radius 2 is 1.90 bits per heavy atom. The Morgan fingerprint density at radius 3 is 2.53 bits per heavy atom. The van der Waals surface area contributed by atoms with Gasteiger partial charge in [-0.2, -0.15) is 5.26 Å². The normalized spacial score (nSPS) is 14.7. The zero-order valence-corrected chi connectivity index (χ0v) is 17.4. The number of carbonyl (C=O) groups excluding carboxylic acids is 1. The third-order valence-corrected chi connectivity index (χ3v) is 6.44. The molecule has 7 nitrogen and oxygen atoms in total. The van der Waals surface area contributed by atoms with Crippen LogP contribution in [-0.4, -0.2) is 40.0 Å². The van der Waals surface area contributed by atoms with E-state index in [1.807, 2.05) is 12.1 Å². The zero-order valence-electron chi connectivity index (χ0n) is 16.5. The van der Waals surface area contributed by atoms with Crippen LogP contribution in [0.4, 0.5) is 5.69 Å². The molecule has 8 heteroatoms. The molecule has 0 aromatic heterocycles. The van der Waals surface area contributed by atoms with Gasteiger partial charge >= 0.3 is 0 Å². The molecule has 3 rings (SSSR count). The summed E-state index contributed by atoms with van der Waals surface area (Å²) < 4.78 is 26.9. The highest BCUT2D eigenvalue weighted by atomic mass is 32.2. The van der Waals surface area contributed by atoms with Gasteiger partial charge in [0.25, 0.3) is 5.91 Å². The molecule has 1 aliphatic heterocycles. The van der Waals surface area contributed by atoms with E-state index >= 15 is 0 Å². The number of nitriles is 1. The van der Waals surface area contributed by atoms with Crippen LogP contribution >= 0.6 is 0 Å². The van der Waals surface area contributed by atoms with Crippen LogP contribution in [-0.2, 0) is 10.0 Å². The van der Waals surface area contributed by atoms with Crippen LogP contribution < -0.4 is 14.9 Å². The quantitative estimate of drug-likeness (QED) is 0.665. The summed E-state index contributed by atoms with van der Waals surface area (Å²) in [6, 6.07) is 15.6. The van der Waals surface area contributed by atoms with Crippen molar-refractivity contribution in [2.75, 3.05) is 24.5 Å². The molecule has 156 valence electrons. The van der Waals surface area contributed by atoms with E-state index in [-0.39, 0.29) is 23.4 Å². The molecule has 0 radical (unpaired) electrons. The van der Waals surface area contributed by atoms with Crippen molar-refractivity contribution in [1.29, 1.82) is 5.26 Å². The number of sulfonamides is 1. The van der Waals surface area contributed by atoms with Crippen LogP contribution in [0.3, 0.4) is 0 Å². The van der Waals surface area contributed by atoms with Crippen molar-refractivity contribution in [2.24, 2.45) is 0 Å². The second-order valence-electron chi connectivity index (χ2n) is 7.06. The van der Waals surface area contributed by atoms with Crippen LogP contribution in [0.25, 0.3) is 0 Å². The van der Waals surface area contributed by atoms with Gasteiger partial charge in [-0.1, -0.05) is 12.1 Å². The van der Waals surface area contributed by atoms with Gasteiger partial charge in [0.05, 0.1) is 16.5 Å². The minimum absolute atomic E-state index is 0.0197. The number of nitrogens with one attached hydrogen (secondary N) is 2. The lowest BCUT2D eigenvalue weighted by molar-refractivity contribution is 0.0931. The number of hydrogen-bond acceptors (Lipinski definition) is 5. The first kappa shape index (κ1) is 21.6. The molecule has 0 aliphatic carbocycles. The third-order valence-electron chi connectivity index (χ3n) is 5.02. The van der Waals surface area contributed by atoms with Crippen molar-refractivity contribution in [3.8, 4) is 6.07 Å². The van der Waals surface area contributed by atoms with Crippen molar-refractivity contribution >= 4 is 21.6 Å². The van der Waals surface area contributed by atoms with Crippen molar-refractivity contribution < 1.29 is 13.2 Å². The van der Waals surface area contributed by atoms with Crippen LogP contribution in [0.15, 0.2) is 66.1 Å². The van der Waals surface area contributed by atoms with Gasteiger partial charge < -0.3 is 10.2 Å². The number of piperidine rings is 1. The van der Waals surface area contributed by atoms with E-state index in [2.05, 4.69) is 27.6 Å². The molecule has 0 saturated carbocycles. The van der Waals surface area contributed by atoms with E-state index in [0.29, 0.717) is 11.1 Å². The summed E-state index contributed by atoms with van der Waals surface area (Å²) in [4.78, 5) is 14.9. The van der Waals surface area contributed by atoms with Crippen molar-refractivity contribution in [3.05, 3.63) is 72.3 Å². The summed E-state index contributed by atoms with van der Waals surface area (Å²) in [6.07, 6.45) is 3.02. The molecule has 1 heterocycles. The van der Waals surface area contributed by atoms with E-state index in [4.69, 9.17) is 5.26 Å². The summed E-state index contributed by atoms with van der Waals surface area (Å²) in [7, 11) is -3.68. The van der Waals surface area contributed by atoms with E-state index < -0.39 is 10.0 Å². The highest BCUT2D eigenvalue weighted by Crippen LogP contribution is 2.21. The molecule has 30 heavy (non-hydrogen) atoms. The lowest BCUT2D eigenvalue weighted by Crippen LogP contribution is -2.44. The lowest BCUT2D eigenvalue weighted by atomic mass is 10.0. The van der Waals surface area contributed by atoms with Gasteiger partial charge in [0.15, 0.2) is 0 Å². The molecule has 1 fully saturated rings. The van der Waals surface area contributed by atoms with Gasteiger partial charge in [-0.05, 0) is 55.3 Å². The van der Waals surface area contributed by atoms with Crippen molar-refractivity contribution in [3.63, 3.8) is 0 Å². The fourth-order valence-electron chi connectivity index (χ4n) is 3.35. The number of hydrogen-bond donors (Lipinski definition) is 2. The third kappa shape index (κ3) is 5.26. The largest absolute Gasteiger partial charge is 0.371 e. The topological polar surface area (TPSA) is 102 Å². The van der Waals surface area contributed by atoms with Crippen molar-refractivity contribution in [1.82, 2.24) is 10.0 Å². The Hall–Kier alpha value is -3.15. The Balaban J connectivity index is 1.59. The SMILES string of the molecule is C=CCNS(=O)(=O)c1cccc(C(=O)NC2CCN(c3ccc(C#N)cc3)CC2)c1. The number of carbonyl (C=O) groups is 1. The summed E-state index contributed by atoms with van der Waals surface area (Å²) in [5, 5.41) is 11.9. The molecule has 0 unspecified atom stereocenters. The standard InChI is InChI=1S/C22H24N4O3S/c1-2-12-24-30(28,29)21-5-3-4-18(15-21)22(27)25-19-10-13-26(14-11-19)20-8-6-17(16-23)7-9-20/h2-9,15,19,24H,1,10-14H2,(H,25,27). The van der Waals surface area contributed by atoms with Crippen LogP contribution in [0.5, 0.6) is 0 Å². The molecule has 0 spiro atoms. The van der Waals surface area contributed by atoms with Crippen LogP contribution in [0, 0.1) is 11.3 Å². The van der Waals surface area contributed by atoms with E-state index in [0.717, 1.165) is 31.6 Å². The van der Waals surface area contributed by atoms with Gasteiger partial charge in [0, 0.05) is 36.9 Å². The second kappa shape index (κ2) is 9.57. The Kier molecular flexibility index (Phi) is 6.87. The van der Waals surface area contributed by atoms with Gasteiger partial charge in [-0.3, -0.25) is 4.79 Å². The predicted molar refractivity (Wildman–Crippen MR) is 116 cm³/mol. The molecule has 2 N–H and O–H groups in total. The van der Waals surface area contributed by atoms with E-state index in [9.17, 15) is 13.2 Å². The molecular formula is C22H24N4O3S. The summed E-state index contributed by atoms with van der Waals surface area (Å²) in [5.41, 5.74) is 2.00. The Labute approximate surface area is 177 Å². The molecule has 1 saturated heterocycles. The molecule has 1 amide bonds. The predicted octanol–water partition coefficient (Wildman–Crippen LogP) is 2.42. The van der Waals surface area contributed by atoms with Crippen molar-refractivity contribution in [2.45, 2.75) is 23.8 Å². The average molecular weight is 425 g/mol. The molecule has 0 atom stereocenters. The number of anilines is 1. The van der Waals surface area contributed by atoms with E-state index in [1.165, 1.54) is 18.2 Å².